The summed E-state index contributed by atoms with van der Waals surface area (Å²) in [6, 6.07) is 35.8. The predicted molar refractivity (Wildman–Crippen MR) is 244 cm³/mol. The number of nitriles is 1. The summed E-state index contributed by atoms with van der Waals surface area (Å²) in [4.78, 5) is 20.1. The van der Waals surface area contributed by atoms with Gasteiger partial charge in [0.25, 0.3) is 0 Å². The van der Waals surface area contributed by atoms with E-state index in [2.05, 4.69) is 40.3 Å². The first kappa shape index (κ1) is 46.0. The van der Waals surface area contributed by atoms with E-state index in [0.717, 1.165) is 27.6 Å². The highest BCUT2D eigenvalue weighted by Crippen LogP contribution is 2.33. The van der Waals surface area contributed by atoms with E-state index in [4.69, 9.17) is 23.3 Å². The van der Waals surface area contributed by atoms with Gasteiger partial charge in [-0.25, -0.2) is 41.1 Å². The molecule has 0 atom stereocenters. The molecule has 62 heavy (non-hydrogen) atoms. The number of benzene rings is 4. The van der Waals surface area contributed by atoms with E-state index in [1.807, 2.05) is 91.0 Å². The third kappa shape index (κ3) is 12.0. The lowest BCUT2D eigenvalue weighted by Crippen LogP contribution is -2.40. The van der Waals surface area contributed by atoms with Crippen LogP contribution in [0, 0.1) is 17.9 Å². The zero-order chi connectivity index (χ0) is 45.3. The van der Waals surface area contributed by atoms with Gasteiger partial charge in [-0.1, -0.05) is 84.9 Å². The van der Waals surface area contributed by atoms with Crippen molar-refractivity contribution in [2.75, 3.05) is 11.5 Å². The van der Waals surface area contributed by atoms with Gasteiger partial charge in [0.15, 0.2) is 5.82 Å². The van der Waals surface area contributed by atoms with E-state index in [1.165, 1.54) is 36.9 Å². The van der Waals surface area contributed by atoms with Crippen LogP contribution in [-0.2, 0) is 20.0 Å². The van der Waals surface area contributed by atoms with Gasteiger partial charge in [0, 0.05) is 47.0 Å². The van der Waals surface area contributed by atoms with Crippen LogP contribution < -0.4 is 20.9 Å². The number of rotatable bonds is 7. The fraction of sp³-hybridized carbons (Fsp3) is 0.174. The molecule has 0 aliphatic heterocycles. The summed E-state index contributed by atoms with van der Waals surface area (Å²) in [7, 11) is -7.35. The van der Waals surface area contributed by atoms with Crippen LogP contribution in [-0.4, -0.2) is 47.8 Å². The molecule has 6 N–H and O–H groups in total. The number of nitrogen functional groups attached to an aromatic ring is 2. The molecule has 0 spiro atoms. The van der Waals surface area contributed by atoms with Crippen LogP contribution in [0.4, 0.5) is 17.2 Å². The van der Waals surface area contributed by atoms with Crippen molar-refractivity contribution in [3.63, 3.8) is 0 Å². The second kappa shape index (κ2) is 19.1. The minimum atomic E-state index is -3.74. The minimum Gasteiger partial charge on any atom is -0.398 e. The molecule has 0 saturated carbocycles. The Morgan fingerprint density at radius 1 is 0.629 bits per heavy atom. The highest BCUT2D eigenvalue weighted by molar-refractivity contribution is 7.89. The van der Waals surface area contributed by atoms with Gasteiger partial charge in [0.2, 0.25) is 25.7 Å². The van der Waals surface area contributed by atoms with Gasteiger partial charge in [0.1, 0.15) is 16.8 Å². The standard InChI is InChI=1S/C23H23N5O2S.C13H10N2.C10H13N3O2S/c1-23(2,3)28-31(29,30)17-12-16(13-25-14-17)22-26-19-11-7-10-18(20(19)21(24)27-22)15-8-5-4-6-9-15;14-9-12-11(7-4-8-13(12)15)10-5-2-1-3-6-10;1-10(2,3)13-16(14,15)9-5-8(11-4)6-12-7-9/h4-14,28H,1-3H3,(H2,24,26,27);1-8H,15H2;5-7,13H,1-3H3. The summed E-state index contributed by atoms with van der Waals surface area (Å²) >= 11 is 0. The maximum atomic E-state index is 12.7. The van der Waals surface area contributed by atoms with Crippen molar-refractivity contribution in [3.05, 3.63) is 151 Å². The smallest absolute Gasteiger partial charge is 0.242 e. The quantitative estimate of drug-likeness (QED) is 0.0877. The van der Waals surface area contributed by atoms with Gasteiger partial charge in [-0.15, -0.1) is 0 Å². The summed E-state index contributed by atoms with van der Waals surface area (Å²) in [5.74, 6) is 0.635. The highest BCUT2D eigenvalue weighted by Gasteiger charge is 2.24. The van der Waals surface area contributed by atoms with Crippen LogP contribution in [0.5, 0.6) is 0 Å². The van der Waals surface area contributed by atoms with Crippen LogP contribution in [0.15, 0.2) is 144 Å². The van der Waals surface area contributed by atoms with E-state index in [0.29, 0.717) is 34.0 Å². The summed E-state index contributed by atoms with van der Waals surface area (Å²) < 4.78 is 54.2. The third-order valence-corrected chi connectivity index (χ3v) is 11.9. The number of fused-ring (bicyclic) bond motifs is 1. The third-order valence-electron chi connectivity index (χ3n) is 8.43. The van der Waals surface area contributed by atoms with Gasteiger partial charge in [-0.3, -0.25) is 9.97 Å². The van der Waals surface area contributed by atoms with Crippen molar-refractivity contribution in [1.82, 2.24) is 29.4 Å². The molecule has 0 saturated heterocycles. The zero-order valence-electron chi connectivity index (χ0n) is 35.0. The summed E-state index contributed by atoms with van der Waals surface area (Å²) in [6.45, 7) is 17.4. The molecule has 3 aromatic heterocycles. The maximum Gasteiger partial charge on any atom is 0.242 e. The second-order valence-corrected chi connectivity index (χ2v) is 19.2. The molecule has 0 unspecified atom stereocenters. The van der Waals surface area contributed by atoms with E-state index >= 15 is 0 Å². The number of nitrogens with one attached hydrogen (secondary N) is 2. The number of nitrogens with two attached hydrogens (primary N) is 2. The van der Waals surface area contributed by atoms with Crippen molar-refractivity contribution in [2.45, 2.75) is 62.4 Å². The molecule has 0 aliphatic rings. The molecule has 0 aliphatic carbocycles. The molecule has 7 rings (SSSR count). The van der Waals surface area contributed by atoms with Crippen LogP contribution in [0.1, 0.15) is 47.1 Å². The van der Waals surface area contributed by atoms with Crippen molar-refractivity contribution in [2.24, 2.45) is 0 Å². The number of nitrogens with zero attached hydrogens (tertiary/aromatic N) is 6. The van der Waals surface area contributed by atoms with Gasteiger partial charge >= 0.3 is 0 Å². The van der Waals surface area contributed by atoms with Crippen LogP contribution in [0.2, 0.25) is 0 Å². The first-order valence-corrected chi connectivity index (χ1v) is 22.0. The SMILES string of the molecule is CC(C)(C)NS(=O)(=O)c1cncc(-c2nc(N)c3c(-c4ccccc4)cccc3n2)c1.N#Cc1c(N)cccc1-c1ccccc1.[C-]#[N+]c1cncc(S(=O)(=O)NC(C)(C)C)c1. The second-order valence-electron chi connectivity index (χ2n) is 15.9. The first-order valence-electron chi connectivity index (χ1n) is 19.0. The monoisotopic (exact) mass is 866 g/mol. The molecule has 0 radical (unpaired) electrons. The molecule has 0 fully saturated rings. The van der Waals surface area contributed by atoms with Crippen molar-refractivity contribution in [1.29, 1.82) is 5.26 Å². The molecule has 0 bridgehead atoms. The Balaban J connectivity index is 0.000000196. The largest absolute Gasteiger partial charge is 0.398 e. The molecule has 14 nitrogen and oxygen atoms in total. The Labute approximate surface area is 362 Å². The van der Waals surface area contributed by atoms with E-state index in [1.54, 1.807) is 47.6 Å². The lowest BCUT2D eigenvalue weighted by atomic mass is 9.99. The topological polar surface area (TPSA) is 224 Å². The van der Waals surface area contributed by atoms with Crippen molar-refractivity contribution in [3.8, 4) is 39.7 Å². The fourth-order valence-electron chi connectivity index (χ4n) is 5.98. The number of hydrogen-bond donors (Lipinski definition) is 4. The molecule has 3 heterocycles. The molecule has 16 heteroatoms. The summed E-state index contributed by atoms with van der Waals surface area (Å²) in [5, 5.41) is 9.78. The summed E-state index contributed by atoms with van der Waals surface area (Å²) in [5.41, 5.74) is 17.2. The van der Waals surface area contributed by atoms with Gasteiger partial charge in [0.05, 0.1) is 33.6 Å². The Morgan fingerprint density at radius 3 is 1.69 bits per heavy atom. The van der Waals surface area contributed by atoms with Crippen LogP contribution >= 0.6 is 0 Å². The lowest BCUT2D eigenvalue weighted by Gasteiger charge is -2.20. The number of anilines is 2. The molecule has 316 valence electrons. The maximum absolute atomic E-state index is 12.7. The average Bonchev–Trinajstić information content (AvgIpc) is 3.23. The Morgan fingerprint density at radius 2 is 1.15 bits per heavy atom. The molecule has 4 aromatic carbocycles. The van der Waals surface area contributed by atoms with E-state index < -0.39 is 31.1 Å². The Kier molecular flexibility index (Phi) is 14.2. The van der Waals surface area contributed by atoms with Crippen molar-refractivity contribution >= 4 is 48.1 Å². The number of hydrogen-bond acceptors (Lipinski definition) is 11. The molecular weight excluding hydrogens is 821 g/mol. The van der Waals surface area contributed by atoms with Crippen molar-refractivity contribution < 1.29 is 16.8 Å². The van der Waals surface area contributed by atoms with Crippen LogP contribution in [0.25, 0.3) is 49.4 Å². The molecule has 0 amide bonds. The average molecular weight is 867 g/mol. The normalized spacial score (nSPS) is 11.5. The Hall–Kier alpha value is -7.08. The number of sulfonamides is 2. The van der Waals surface area contributed by atoms with E-state index in [9.17, 15) is 16.8 Å². The number of aromatic nitrogens is 4. The van der Waals surface area contributed by atoms with Crippen LogP contribution in [0.3, 0.4) is 0 Å². The first-order chi connectivity index (χ1) is 29.2. The van der Waals surface area contributed by atoms with Gasteiger partial charge in [-0.05, 0) is 82.5 Å². The lowest BCUT2D eigenvalue weighted by molar-refractivity contribution is 0.489. The predicted octanol–water partition coefficient (Wildman–Crippen LogP) is 8.53. The fourth-order valence-corrected chi connectivity index (χ4v) is 8.79. The van der Waals surface area contributed by atoms with E-state index in [-0.39, 0.29) is 15.5 Å². The molecule has 7 aromatic rings. The highest BCUT2D eigenvalue weighted by atomic mass is 32.2. The molecular formula is C46H46N10O4S2. The van der Waals surface area contributed by atoms with Gasteiger partial charge in [-0.2, -0.15) is 5.26 Å². The zero-order valence-corrected chi connectivity index (χ0v) is 36.6. The summed E-state index contributed by atoms with van der Waals surface area (Å²) in [6.07, 6.45) is 5.37. The van der Waals surface area contributed by atoms with Gasteiger partial charge < -0.3 is 11.5 Å². The minimum absolute atomic E-state index is 0.0101. The number of pyridine rings is 2. The Bertz CT molecular complexity index is 3010.